The molecule has 0 bridgehead atoms. The second kappa shape index (κ2) is 7.99. The first-order chi connectivity index (χ1) is 9.82. The Labute approximate surface area is 139 Å². The molecule has 1 aromatic rings. The van der Waals surface area contributed by atoms with Crippen LogP contribution in [0.3, 0.4) is 0 Å². The van der Waals surface area contributed by atoms with Gasteiger partial charge >= 0.3 is 5.97 Å². The van der Waals surface area contributed by atoms with Crippen LogP contribution in [0.5, 0.6) is 0 Å². The van der Waals surface area contributed by atoms with Crippen molar-refractivity contribution < 1.29 is 14.7 Å². The first-order valence-electron chi connectivity index (χ1n) is 7.05. The summed E-state index contributed by atoms with van der Waals surface area (Å²) in [7, 11) is 0. The van der Waals surface area contributed by atoms with Gasteiger partial charge < -0.3 is 5.11 Å². The SMILES string of the molecule is CCC(S)(CC)C(=O)CC(Cc1ccc(Br)cc1)C(=O)O. The van der Waals surface area contributed by atoms with E-state index < -0.39 is 16.6 Å². The second-order valence-corrected chi connectivity index (χ2v) is 7.00. The maximum atomic E-state index is 12.3. The van der Waals surface area contributed by atoms with Crippen molar-refractivity contribution in [1.29, 1.82) is 0 Å². The molecule has 0 aliphatic carbocycles. The summed E-state index contributed by atoms with van der Waals surface area (Å²) >= 11 is 7.79. The van der Waals surface area contributed by atoms with Gasteiger partial charge in [-0.2, -0.15) is 12.6 Å². The highest BCUT2D eigenvalue weighted by molar-refractivity contribution is 9.10. The Hall–Kier alpha value is -0.810. The van der Waals surface area contributed by atoms with Crippen LogP contribution in [0.15, 0.2) is 28.7 Å². The molecule has 1 unspecified atom stereocenters. The number of carboxylic acids is 1. The fourth-order valence-electron chi connectivity index (χ4n) is 2.21. The summed E-state index contributed by atoms with van der Waals surface area (Å²) in [6.07, 6.45) is 1.59. The van der Waals surface area contributed by atoms with Crippen LogP contribution in [0.1, 0.15) is 38.7 Å². The highest BCUT2D eigenvalue weighted by Crippen LogP contribution is 2.28. The average Bonchev–Trinajstić information content (AvgIpc) is 2.47. The predicted molar refractivity (Wildman–Crippen MR) is 90.9 cm³/mol. The molecule has 0 saturated heterocycles. The number of halogens is 1. The van der Waals surface area contributed by atoms with E-state index in [9.17, 15) is 14.7 Å². The summed E-state index contributed by atoms with van der Waals surface area (Å²) < 4.78 is 0.230. The number of ketones is 1. The van der Waals surface area contributed by atoms with Crippen LogP contribution in [-0.4, -0.2) is 21.6 Å². The van der Waals surface area contributed by atoms with E-state index in [4.69, 9.17) is 0 Å². The summed E-state index contributed by atoms with van der Waals surface area (Å²) in [6.45, 7) is 3.80. The number of carbonyl (C=O) groups excluding carboxylic acids is 1. The molecule has 0 spiro atoms. The Kier molecular flexibility index (Phi) is 6.94. The monoisotopic (exact) mass is 372 g/mol. The first-order valence-corrected chi connectivity index (χ1v) is 8.29. The third-order valence-electron chi connectivity index (χ3n) is 3.87. The van der Waals surface area contributed by atoms with Crippen LogP contribution >= 0.6 is 28.6 Å². The molecule has 0 radical (unpaired) electrons. The standard InChI is InChI=1S/C16H21BrO3S/c1-3-16(21,4-2)14(18)10-12(15(19)20)9-11-5-7-13(17)8-6-11/h5-8,12,21H,3-4,9-10H2,1-2H3,(H,19,20). The van der Waals surface area contributed by atoms with Crippen LogP contribution in [-0.2, 0) is 16.0 Å². The van der Waals surface area contributed by atoms with Crippen molar-refractivity contribution >= 4 is 40.3 Å². The van der Waals surface area contributed by atoms with Crippen LogP contribution in [0.4, 0.5) is 0 Å². The van der Waals surface area contributed by atoms with Gasteiger partial charge in [-0.3, -0.25) is 9.59 Å². The Morgan fingerprint density at radius 1 is 1.24 bits per heavy atom. The normalized spacial score (nSPS) is 13.0. The molecular weight excluding hydrogens is 352 g/mol. The van der Waals surface area contributed by atoms with Crippen molar-refractivity contribution in [2.24, 2.45) is 5.92 Å². The topological polar surface area (TPSA) is 54.4 Å². The summed E-state index contributed by atoms with van der Waals surface area (Å²) in [5.74, 6) is -1.72. The van der Waals surface area contributed by atoms with E-state index in [1.54, 1.807) is 0 Å². The van der Waals surface area contributed by atoms with Gasteiger partial charge in [-0.25, -0.2) is 0 Å². The fraction of sp³-hybridized carbons (Fsp3) is 0.500. The molecular formula is C16H21BrO3S. The van der Waals surface area contributed by atoms with E-state index in [1.807, 2.05) is 38.1 Å². The summed E-state index contributed by atoms with van der Waals surface area (Å²) in [5.41, 5.74) is 0.913. The van der Waals surface area contributed by atoms with Gasteiger partial charge in [0, 0.05) is 10.9 Å². The molecule has 1 rings (SSSR count). The Balaban J connectivity index is 2.81. The second-order valence-electron chi connectivity index (χ2n) is 5.23. The zero-order valence-corrected chi connectivity index (χ0v) is 14.8. The molecule has 0 fully saturated rings. The minimum atomic E-state index is -0.936. The number of thiol groups is 1. The highest BCUT2D eigenvalue weighted by Gasteiger charge is 2.33. The Morgan fingerprint density at radius 3 is 2.19 bits per heavy atom. The summed E-state index contributed by atoms with van der Waals surface area (Å²) in [6, 6.07) is 7.49. The molecule has 0 aliphatic heterocycles. The number of carboxylic acid groups (broad SMARTS) is 1. The molecule has 0 aromatic heterocycles. The molecule has 21 heavy (non-hydrogen) atoms. The van der Waals surface area contributed by atoms with Crippen LogP contribution in [0.2, 0.25) is 0 Å². The zero-order valence-electron chi connectivity index (χ0n) is 12.3. The van der Waals surface area contributed by atoms with Crippen molar-refractivity contribution in [2.75, 3.05) is 0 Å². The van der Waals surface area contributed by atoms with Gasteiger partial charge in [0.15, 0.2) is 0 Å². The van der Waals surface area contributed by atoms with Gasteiger partial charge in [0.2, 0.25) is 0 Å². The number of carbonyl (C=O) groups is 2. The molecule has 0 heterocycles. The van der Waals surface area contributed by atoms with E-state index in [1.165, 1.54) is 0 Å². The van der Waals surface area contributed by atoms with E-state index in [0.29, 0.717) is 19.3 Å². The maximum Gasteiger partial charge on any atom is 0.307 e. The summed E-state index contributed by atoms with van der Waals surface area (Å²) in [4.78, 5) is 23.8. The van der Waals surface area contributed by atoms with Crippen molar-refractivity contribution in [3.05, 3.63) is 34.3 Å². The molecule has 3 nitrogen and oxygen atoms in total. The van der Waals surface area contributed by atoms with Gasteiger partial charge in [0.1, 0.15) is 5.78 Å². The Bertz CT molecular complexity index is 495. The molecule has 1 aromatic carbocycles. The lowest BCUT2D eigenvalue weighted by Gasteiger charge is -2.25. The lowest BCUT2D eigenvalue weighted by Crippen LogP contribution is -2.34. The number of benzene rings is 1. The highest BCUT2D eigenvalue weighted by atomic mass is 79.9. The number of aliphatic carboxylic acids is 1. The van der Waals surface area contributed by atoms with Crippen molar-refractivity contribution in [3.8, 4) is 0 Å². The van der Waals surface area contributed by atoms with Gasteiger partial charge in [-0.1, -0.05) is 41.9 Å². The molecule has 0 aliphatic rings. The van der Waals surface area contributed by atoms with Gasteiger partial charge in [-0.05, 0) is 37.0 Å². The zero-order chi connectivity index (χ0) is 16.0. The lowest BCUT2D eigenvalue weighted by atomic mass is 9.87. The number of hydrogen-bond acceptors (Lipinski definition) is 3. The van der Waals surface area contributed by atoms with Gasteiger partial charge in [-0.15, -0.1) is 0 Å². The number of rotatable bonds is 8. The molecule has 1 atom stereocenters. The van der Waals surface area contributed by atoms with Gasteiger partial charge in [0.05, 0.1) is 10.7 Å². The molecule has 0 saturated carbocycles. The Morgan fingerprint density at radius 2 is 1.76 bits per heavy atom. The van der Waals surface area contributed by atoms with E-state index >= 15 is 0 Å². The van der Waals surface area contributed by atoms with E-state index in [-0.39, 0.29) is 12.2 Å². The minimum absolute atomic E-state index is 0.0244. The maximum absolute atomic E-state index is 12.3. The quantitative estimate of drug-likeness (QED) is 0.674. The fourth-order valence-corrected chi connectivity index (χ4v) is 2.57. The smallest absolute Gasteiger partial charge is 0.307 e. The number of Topliss-reactive ketones (excluding diaryl/α,β-unsaturated/α-hetero) is 1. The summed E-state index contributed by atoms with van der Waals surface area (Å²) in [5, 5.41) is 9.36. The van der Waals surface area contributed by atoms with Crippen molar-refractivity contribution in [3.63, 3.8) is 0 Å². The molecule has 1 N–H and O–H groups in total. The van der Waals surface area contributed by atoms with E-state index in [0.717, 1.165) is 10.0 Å². The molecule has 5 heteroatoms. The molecule has 0 amide bonds. The van der Waals surface area contributed by atoms with E-state index in [2.05, 4.69) is 28.6 Å². The lowest BCUT2D eigenvalue weighted by molar-refractivity contribution is -0.144. The third kappa shape index (κ3) is 5.15. The first kappa shape index (κ1) is 18.2. The van der Waals surface area contributed by atoms with Crippen LogP contribution in [0.25, 0.3) is 0 Å². The average molecular weight is 373 g/mol. The van der Waals surface area contributed by atoms with Crippen molar-refractivity contribution in [1.82, 2.24) is 0 Å². The van der Waals surface area contributed by atoms with Crippen LogP contribution in [0, 0.1) is 5.92 Å². The van der Waals surface area contributed by atoms with Gasteiger partial charge in [0.25, 0.3) is 0 Å². The van der Waals surface area contributed by atoms with Crippen molar-refractivity contribution in [2.45, 2.75) is 44.3 Å². The number of hydrogen-bond donors (Lipinski definition) is 2. The van der Waals surface area contributed by atoms with Crippen LogP contribution < -0.4 is 0 Å². The third-order valence-corrected chi connectivity index (χ3v) is 5.28. The predicted octanol–water partition coefficient (Wildman–Crippen LogP) is 4.14. The largest absolute Gasteiger partial charge is 0.481 e. The molecule has 116 valence electrons. The minimum Gasteiger partial charge on any atom is -0.481 e.